The standard InChI is InChI=1S/C6H16N2.C2H4/c1-3-8(4-2)6-5-7;1-2/h3-7H2,1-2H3;1-2H2. The molecule has 0 amide bonds. The second-order valence-corrected chi connectivity index (χ2v) is 1.82. The molecule has 62 valence electrons. The van der Waals surface area contributed by atoms with Crippen molar-refractivity contribution in [3.05, 3.63) is 13.2 Å². The Balaban J connectivity index is 0. The normalized spacial score (nSPS) is 8.80. The molecule has 0 aromatic heterocycles. The molecule has 0 aliphatic heterocycles. The fourth-order valence-corrected chi connectivity index (χ4v) is 0.722. The maximum absolute atomic E-state index is 5.34. The maximum Gasteiger partial charge on any atom is 0.0104 e. The molecule has 2 heteroatoms. The van der Waals surface area contributed by atoms with Gasteiger partial charge in [0.05, 0.1) is 0 Å². The molecule has 0 aliphatic carbocycles. The van der Waals surface area contributed by atoms with Crippen molar-refractivity contribution >= 4 is 0 Å². The Hall–Kier alpha value is -0.340. The highest BCUT2D eigenvalue weighted by Gasteiger charge is 1.92. The monoisotopic (exact) mass is 144 g/mol. The van der Waals surface area contributed by atoms with Gasteiger partial charge in [-0.3, -0.25) is 0 Å². The summed E-state index contributed by atoms with van der Waals surface area (Å²) in [5.41, 5.74) is 5.34. The van der Waals surface area contributed by atoms with Crippen LogP contribution in [0.4, 0.5) is 0 Å². The molecule has 0 saturated carbocycles. The molecule has 0 aromatic rings. The third-order valence-electron chi connectivity index (χ3n) is 1.34. The summed E-state index contributed by atoms with van der Waals surface area (Å²) in [4.78, 5) is 2.31. The van der Waals surface area contributed by atoms with Crippen LogP contribution in [0.25, 0.3) is 0 Å². The molecule has 10 heavy (non-hydrogen) atoms. The van der Waals surface area contributed by atoms with Crippen LogP contribution >= 0.6 is 0 Å². The van der Waals surface area contributed by atoms with Crippen molar-refractivity contribution in [3.8, 4) is 0 Å². The van der Waals surface area contributed by atoms with Gasteiger partial charge in [-0.2, -0.15) is 0 Å². The predicted octanol–water partition coefficient (Wildman–Crippen LogP) is 1.09. The minimum Gasteiger partial charge on any atom is -0.329 e. The minimum absolute atomic E-state index is 0.779. The smallest absolute Gasteiger partial charge is 0.0104 e. The van der Waals surface area contributed by atoms with E-state index in [9.17, 15) is 0 Å². The van der Waals surface area contributed by atoms with Gasteiger partial charge in [-0.1, -0.05) is 13.8 Å². The highest BCUT2D eigenvalue weighted by molar-refractivity contribution is 4.50. The van der Waals surface area contributed by atoms with Crippen LogP contribution in [0.5, 0.6) is 0 Å². The Kier molecular flexibility index (Phi) is 14.1. The molecule has 2 N–H and O–H groups in total. The number of nitrogens with zero attached hydrogens (tertiary/aromatic N) is 1. The predicted molar refractivity (Wildman–Crippen MR) is 48.1 cm³/mol. The van der Waals surface area contributed by atoms with Crippen molar-refractivity contribution in [2.75, 3.05) is 26.2 Å². The first-order chi connectivity index (χ1) is 4.85. The lowest BCUT2D eigenvalue weighted by Crippen LogP contribution is -2.28. The molecule has 0 atom stereocenters. The van der Waals surface area contributed by atoms with Gasteiger partial charge >= 0.3 is 0 Å². The van der Waals surface area contributed by atoms with Crippen LogP contribution in [0.15, 0.2) is 13.2 Å². The van der Waals surface area contributed by atoms with Gasteiger partial charge in [-0.05, 0) is 13.1 Å². The summed E-state index contributed by atoms with van der Waals surface area (Å²) in [6.45, 7) is 14.4. The third kappa shape index (κ3) is 7.66. The maximum atomic E-state index is 5.34. The van der Waals surface area contributed by atoms with E-state index in [1.54, 1.807) is 0 Å². The lowest BCUT2D eigenvalue weighted by Gasteiger charge is -2.15. The van der Waals surface area contributed by atoms with Gasteiger partial charge in [0.15, 0.2) is 0 Å². The topological polar surface area (TPSA) is 29.3 Å². The average Bonchev–Trinajstić information content (AvgIpc) is 2.04. The van der Waals surface area contributed by atoms with Crippen LogP contribution in [-0.2, 0) is 0 Å². The van der Waals surface area contributed by atoms with Crippen molar-refractivity contribution in [1.29, 1.82) is 0 Å². The molecule has 0 aliphatic rings. The quantitative estimate of drug-likeness (QED) is 0.598. The Labute approximate surface area is 64.7 Å². The van der Waals surface area contributed by atoms with E-state index in [1.165, 1.54) is 0 Å². The van der Waals surface area contributed by atoms with Crippen molar-refractivity contribution in [2.45, 2.75) is 13.8 Å². The molecule has 2 nitrogen and oxygen atoms in total. The summed E-state index contributed by atoms with van der Waals surface area (Å²) in [5, 5.41) is 0. The fourth-order valence-electron chi connectivity index (χ4n) is 0.722. The van der Waals surface area contributed by atoms with Gasteiger partial charge in [-0.25, -0.2) is 0 Å². The largest absolute Gasteiger partial charge is 0.329 e. The molecule has 0 unspecified atom stereocenters. The van der Waals surface area contributed by atoms with Crippen molar-refractivity contribution in [3.63, 3.8) is 0 Å². The summed E-state index contributed by atoms with van der Waals surface area (Å²) in [5.74, 6) is 0. The van der Waals surface area contributed by atoms with E-state index in [0.29, 0.717) is 0 Å². The second kappa shape index (κ2) is 11.5. The van der Waals surface area contributed by atoms with Crippen molar-refractivity contribution in [1.82, 2.24) is 4.90 Å². The van der Waals surface area contributed by atoms with Crippen LogP contribution in [-0.4, -0.2) is 31.1 Å². The van der Waals surface area contributed by atoms with Crippen LogP contribution < -0.4 is 5.73 Å². The van der Waals surface area contributed by atoms with Gasteiger partial charge in [0.25, 0.3) is 0 Å². The summed E-state index contributed by atoms with van der Waals surface area (Å²) in [7, 11) is 0. The van der Waals surface area contributed by atoms with Crippen molar-refractivity contribution in [2.24, 2.45) is 5.73 Å². The molecule has 0 saturated heterocycles. The molecule has 0 radical (unpaired) electrons. The molecule has 0 aromatic carbocycles. The summed E-state index contributed by atoms with van der Waals surface area (Å²) >= 11 is 0. The molecule has 0 bridgehead atoms. The van der Waals surface area contributed by atoms with Crippen LogP contribution in [0.3, 0.4) is 0 Å². The van der Waals surface area contributed by atoms with Crippen molar-refractivity contribution < 1.29 is 0 Å². The van der Waals surface area contributed by atoms with Crippen LogP contribution in [0.1, 0.15) is 13.8 Å². The van der Waals surface area contributed by atoms with E-state index in [0.717, 1.165) is 26.2 Å². The van der Waals surface area contributed by atoms with E-state index in [4.69, 9.17) is 5.73 Å². The minimum atomic E-state index is 0.779. The van der Waals surface area contributed by atoms with Gasteiger partial charge in [0, 0.05) is 13.1 Å². The van der Waals surface area contributed by atoms with E-state index in [2.05, 4.69) is 31.9 Å². The summed E-state index contributed by atoms with van der Waals surface area (Å²) < 4.78 is 0. The number of hydrogen-bond donors (Lipinski definition) is 1. The van der Waals surface area contributed by atoms with Gasteiger partial charge in [0.2, 0.25) is 0 Å². The first-order valence-corrected chi connectivity index (χ1v) is 3.77. The SMILES string of the molecule is C=C.CCN(CC)CCN. The number of hydrogen-bond acceptors (Lipinski definition) is 2. The second-order valence-electron chi connectivity index (χ2n) is 1.82. The van der Waals surface area contributed by atoms with Crippen LogP contribution in [0, 0.1) is 0 Å². The molecule has 0 spiro atoms. The molecule has 0 rings (SSSR count). The van der Waals surface area contributed by atoms with E-state index >= 15 is 0 Å². The fraction of sp³-hybridized carbons (Fsp3) is 0.750. The Bertz CT molecular complexity index is 51.2. The lowest BCUT2D eigenvalue weighted by atomic mass is 10.5. The number of likely N-dealkylation sites (N-methyl/N-ethyl adjacent to an activating group) is 1. The lowest BCUT2D eigenvalue weighted by molar-refractivity contribution is 0.312. The van der Waals surface area contributed by atoms with Gasteiger partial charge in [-0.15, -0.1) is 13.2 Å². The van der Waals surface area contributed by atoms with Gasteiger partial charge in [0.1, 0.15) is 0 Å². The summed E-state index contributed by atoms with van der Waals surface area (Å²) in [6.07, 6.45) is 0. The van der Waals surface area contributed by atoms with E-state index in [-0.39, 0.29) is 0 Å². The molecular formula is C8H20N2. The first kappa shape index (κ1) is 12.3. The first-order valence-electron chi connectivity index (χ1n) is 3.77. The summed E-state index contributed by atoms with van der Waals surface area (Å²) in [6, 6.07) is 0. The Morgan fingerprint density at radius 3 is 1.70 bits per heavy atom. The van der Waals surface area contributed by atoms with E-state index in [1.807, 2.05) is 0 Å². The van der Waals surface area contributed by atoms with Gasteiger partial charge < -0.3 is 10.6 Å². The Morgan fingerprint density at radius 1 is 1.20 bits per heavy atom. The zero-order valence-corrected chi connectivity index (χ0v) is 7.27. The average molecular weight is 144 g/mol. The zero-order valence-electron chi connectivity index (χ0n) is 7.27. The molecule has 0 heterocycles. The third-order valence-corrected chi connectivity index (χ3v) is 1.34. The molecular weight excluding hydrogens is 124 g/mol. The van der Waals surface area contributed by atoms with Crippen LogP contribution in [0.2, 0.25) is 0 Å². The highest BCUT2D eigenvalue weighted by atomic mass is 15.1. The van der Waals surface area contributed by atoms with E-state index < -0.39 is 0 Å². The highest BCUT2D eigenvalue weighted by Crippen LogP contribution is 1.81. The Morgan fingerprint density at radius 2 is 1.60 bits per heavy atom. The number of rotatable bonds is 4. The molecule has 0 fully saturated rings. The zero-order chi connectivity index (χ0) is 8.41. The number of nitrogens with two attached hydrogens (primary N) is 1.